The van der Waals surface area contributed by atoms with E-state index in [0.717, 1.165) is 24.3 Å². The summed E-state index contributed by atoms with van der Waals surface area (Å²) < 4.78 is 67.1. The van der Waals surface area contributed by atoms with Gasteiger partial charge < -0.3 is 4.57 Å². The predicted molar refractivity (Wildman–Crippen MR) is 109 cm³/mol. The molecule has 0 radical (unpaired) electrons. The van der Waals surface area contributed by atoms with Crippen LogP contribution in [0.2, 0.25) is 10.0 Å². The van der Waals surface area contributed by atoms with Crippen molar-refractivity contribution in [2.24, 2.45) is 0 Å². The van der Waals surface area contributed by atoms with Crippen LogP contribution in [0.15, 0.2) is 70.5 Å². The number of benzene rings is 2. The third-order valence-electron chi connectivity index (χ3n) is 4.04. The molecule has 3 aromatic rings. The summed E-state index contributed by atoms with van der Waals surface area (Å²) in [4.78, 5) is 11.6. The van der Waals surface area contributed by atoms with Gasteiger partial charge in [-0.15, -0.1) is 0 Å². The van der Waals surface area contributed by atoms with Crippen molar-refractivity contribution >= 4 is 38.9 Å². The Morgan fingerprint density at radius 2 is 1.70 bits per heavy atom. The van der Waals surface area contributed by atoms with E-state index in [-0.39, 0.29) is 12.2 Å². The maximum Gasteiger partial charge on any atom is 0.416 e. The highest BCUT2D eigenvalue weighted by molar-refractivity contribution is 7.92. The van der Waals surface area contributed by atoms with Crippen LogP contribution in [0.25, 0.3) is 0 Å². The molecule has 0 fully saturated rings. The third-order valence-corrected chi connectivity index (χ3v) is 6.16. The minimum Gasteiger partial charge on any atom is -0.309 e. The van der Waals surface area contributed by atoms with Crippen molar-refractivity contribution in [3.8, 4) is 0 Å². The van der Waals surface area contributed by atoms with Gasteiger partial charge in [-0.3, -0.25) is 9.52 Å². The van der Waals surface area contributed by atoms with Crippen LogP contribution in [0.3, 0.4) is 0 Å². The molecular formula is C19H13Cl2F3N2O3S. The Bertz CT molecular complexity index is 1260. The fourth-order valence-corrected chi connectivity index (χ4v) is 4.01. The van der Waals surface area contributed by atoms with Crippen LogP contribution < -0.4 is 10.3 Å². The minimum atomic E-state index is -4.68. The number of nitrogens with one attached hydrogen (secondary N) is 1. The number of alkyl halides is 3. The highest BCUT2D eigenvalue weighted by Crippen LogP contribution is 2.31. The van der Waals surface area contributed by atoms with Crippen LogP contribution in [0, 0.1) is 0 Å². The lowest BCUT2D eigenvalue weighted by atomic mass is 10.2. The smallest absolute Gasteiger partial charge is 0.309 e. The van der Waals surface area contributed by atoms with Crippen molar-refractivity contribution in [3.63, 3.8) is 0 Å². The first-order valence-corrected chi connectivity index (χ1v) is 10.5. The number of anilines is 1. The lowest BCUT2D eigenvalue weighted by Gasteiger charge is -2.13. The molecule has 2 aromatic carbocycles. The summed E-state index contributed by atoms with van der Waals surface area (Å²) in [5.74, 6) is 0. The molecule has 0 aliphatic rings. The highest BCUT2D eigenvalue weighted by Gasteiger charge is 2.31. The topological polar surface area (TPSA) is 68.2 Å². The summed E-state index contributed by atoms with van der Waals surface area (Å²) in [6, 6.07) is 10.5. The van der Waals surface area contributed by atoms with E-state index < -0.39 is 32.2 Å². The Morgan fingerprint density at radius 1 is 0.967 bits per heavy atom. The van der Waals surface area contributed by atoms with Gasteiger partial charge in [-0.1, -0.05) is 35.3 Å². The second-order valence-corrected chi connectivity index (χ2v) is 8.76. The van der Waals surface area contributed by atoms with E-state index in [9.17, 15) is 26.4 Å². The Hall–Kier alpha value is -2.49. The highest BCUT2D eigenvalue weighted by atomic mass is 35.5. The van der Waals surface area contributed by atoms with Crippen LogP contribution in [-0.2, 0) is 22.7 Å². The van der Waals surface area contributed by atoms with E-state index in [0.29, 0.717) is 21.7 Å². The molecule has 0 unspecified atom stereocenters. The van der Waals surface area contributed by atoms with Crippen LogP contribution in [0.5, 0.6) is 0 Å². The number of hydrogen-bond acceptors (Lipinski definition) is 3. The molecule has 0 aliphatic heterocycles. The number of nitrogens with zero attached hydrogens (tertiary/aromatic N) is 1. The molecule has 0 atom stereocenters. The lowest BCUT2D eigenvalue weighted by Crippen LogP contribution is -2.21. The maximum absolute atomic E-state index is 12.9. The van der Waals surface area contributed by atoms with E-state index in [2.05, 4.69) is 4.72 Å². The van der Waals surface area contributed by atoms with Crippen molar-refractivity contribution in [2.75, 3.05) is 4.72 Å². The van der Waals surface area contributed by atoms with Crippen LogP contribution in [0.1, 0.15) is 11.1 Å². The van der Waals surface area contributed by atoms with Crippen molar-refractivity contribution in [2.45, 2.75) is 17.6 Å². The molecule has 3 rings (SSSR count). The van der Waals surface area contributed by atoms with Crippen molar-refractivity contribution in [3.05, 3.63) is 92.3 Å². The molecular weight excluding hydrogens is 464 g/mol. The van der Waals surface area contributed by atoms with Crippen molar-refractivity contribution in [1.82, 2.24) is 4.57 Å². The Kier molecular flexibility index (Phi) is 6.16. The van der Waals surface area contributed by atoms with Gasteiger partial charge in [0.2, 0.25) is 0 Å². The fraction of sp³-hybridized carbons (Fsp3) is 0.105. The van der Waals surface area contributed by atoms with Gasteiger partial charge in [0.15, 0.2) is 0 Å². The van der Waals surface area contributed by atoms with Crippen LogP contribution in [-0.4, -0.2) is 13.0 Å². The number of sulfonamides is 1. The zero-order chi connectivity index (χ0) is 22.1. The Labute approximate surface area is 179 Å². The predicted octanol–water partition coefficient (Wildman–Crippen LogP) is 5.02. The average molecular weight is 477 g/mol. The Balaban J connectivity index is 1.89. The summed E-state index contributed by atoms with van der Waals surface area (Å²) >= 11 is 11.8. The first-order valence-electron chi connectivity index (χ1n) is 8.30. The quantitative estimate of drug-likeness (QED) is 0.561. The van der Waals surface area contributed by atoms with Gasteiger partial charge in [-0.05, 0) is 42.0 Å². The van der Waals surface area contributed by atoms with E-state index >= 15 is 0 Å². The number of aromatic nitrogens is 1. The summed E-state index contributed by atoms with van der Waals surface area (Å²) in [6.07, 6.45) is -3.44. The molecule has 1 aromatic heterocycles. The summed E-state index contributed by atoms with van der Waals surface area (Å²) in [6.45, 7) is 0.0782. The zero-order valence-electron chi connectivity index (χ0n) is 15.0. The molecule has 0 bridgehead atoms. The zero-order valence-corrected chi connectivity index (χ0v) is 17.3. The first kappa shape index (κ1) is 22.2. The van der Waals surface area contributed by atoms with Crippen LogP contribution in [0.4, 0.5) is 18.9 Å². The van der Waals surface area contributed by atoms with Gasteiger partial charge in [0, 0.05) is 12.3 Å². The number of pyridine rings is 1. The fourth-order valence-electron chi connectivity index (χ4n) is 2.60. The minimum absolute atomic E-state index is 0.00655. The molecule has 158 valence electrons. The largest absolute Gasteiger partial charge is 0.416 e. The van der Waals surface area contributed by atoms with E-state index in [1.165, 1.54) is 16.8 Å². The number of rotatable bonds is 5. The molecule has 0 spiro atoms. The lowest BCUT2D eigenvalue weighted by molar-refractivity contribution is -0.137. The van der Waals surface area contributed by atoms with Crippen LogP contribution >= 0.6 is 23.2 Å². The first-order chi connectivity index (χ1) is 14.0. The molecule has 0 amide bonds. The van der Waals surface area contributed by atoms with Gasteiger partial charge >= 0.3 is 6.18 Å². The standard InChI is InChI=1S/C19H13Cl2F3N2O3S/c20-16-6-4-12(8-17(16)21)10-26-11-14(5-7-18(26)27)25-30(28,29)15-3-1-2-13(9-15)19(22,23)24/h1-9,11,25H,10H2. The Morgan fingerprint density at radius 3 is 2.37 bits per heavy atom. The van der Waals surface area contributed by atoms with Gasteiger partial charge in [-0.2, -0.15) is 13.2 Å². The summed E-state index contributed by atoms with van der Waals surface area (Å²) in [7, 11) is -4.31. The van der Waals surface area contributed by atoms with Gasteiger partial charge in [-0.25, -0.2) is 8.42 Å². The summed E-state index contributed by atoms with van der Waals surface area (Å²) in [5, 5.41) is 0.638. The maximum atomic E-state index is 12.9. The van der Waals surface area contributed by atoms with E-state index in [1.54, 1.807) is 18.2 Å². The van der Waals surface area contributed by atoms with Gasteiger partial charge in [0.25, 0.3) is 15.6 Å². The normalized spacial score (nSPS) is 12.0. The molecule has 0 saturated heterocycles. The van der Waals surface area contributed by atoms with Gasteiger partial charge in [0.1, 0.15) is 0 Å². The second-order valence-electron chi connectivity index (χ2n) is 6.26. The second kappa shape index (κ2) is 8.33. The molecule has 1 N–H and O–H groups in total. The molecule has 1 heterocycles. The van der Waals surface area contributed by atoms with Crippen molar-refractivity contribution < 1.29 is 21.6 Å². The third kappa shape index (κ3) is 5.16. The van der Waals surface area contributed by atoms with Gasteiger partial charge in [0.05, 0.1) is 32.7 Å². The molecule has 5 nitrogen and oxygen atoms in total. The molecule has 30 heavy (non-hydrogen) atoms. The van der Waals surface area contributed by atoms with E-state index in [4.69, 9.17) is 23.2 Å². The summed E-state index contributed by atoms with van der Waals surface area (Å²) in [5.41, 5.74) is -0.852. The number of halogens is 5. The molecule has 0 saturated carbocycles. The average Bonchev–Trinajstić information content (AvgIpc) is 2.66. The molecule has 11 heteroatoms. The SMILES string of the molecule is O=c1ccc(NS(=O)(=O)c2cccc(C(F)(F)F)c2)cn1Cc1ccc(Cl)c(Cl)c1. The van der Waals surface area contributed by atoms with E-state index in [1.807, 2.05) is 0 Å². The van der Waals surface area contributed by atoms with Crippen molar-refractivity contribution in [1.29, 1.82) is 0 Å². The number of hydrogen-bond donors (Lipinski definition) is 1. The monoisotopic (exact) mass is 476 g/mol. The molecule has 0 aliphatic carbocycles.